The van der Waals surface area contributed by atoms with Crippen LogP contribution in [0.25, 0.3) is 45.0 Å². The Kier molecular flexibility index (Phi) is 32.4. The molecule has 0 atom stereocenters. The molecule has 0 aliphatic carbocycles. The van der Waals surface area contributed by atoms with Crippen LogP contribution in [-0.4, -0.2) is 146 Å². The predicted octanol–water partition coefficient (Wildman–Crippen LogP) is 13.8. The van der Waals surface area contributed by atoms with Gasteiger partial charge < -0.3 is 47.1 Å². The van der Waals surface area contributed by atoms with Gasteiger partial charge in [-0.05, 0) is 163 Å². The molecular weight excluding hydrogens is 1640 g/mol. The van der Waals surface area contributed by atoms with Crippen LogP contribution in [0.15, 0.2) is 212 Å². The van der Waals surface area contributed by atoms with Crippen LogP contribution in [-0.2, 0) is 33.6 Å². The number of nitro groups is 4. The number of nitrogens with two attached hydrogens (primary N) is 3. The highest BCUT2D eigenvalue weighted by Crippen LogP contribution is 2.33. The predicted molar refractivity (Wildman–Crippen MR) is 422 cm³/mol. The number of nitrogens with zero attached hydrogens (tertiary/aromatic N) is 11. The summed E-state index contributed by atoms with van der Waals surface area (Å²) in [4.78, 5) is 99.4. The molecule has 3 aliphatic rings. The third kappa shape index (κ3) is 28.6. The average Bonchev–Trinajstić information content (AvgIpc) is 1.81. The summed E-state index contributed by atoms with van der Waals surface area (Å²) < 4.78 is 146. The van der Waals surface area contributed by atoms with Gasteiger partial charge in [0.15, 0.2) is 0 Å². The SMILES string of the molecule is FC1(F)CCNC1.Nc1ccc(-c2ccc(F)cc2)nc1CC(=O)N1CCC(F)(F)C1.Nc1nc(-c2ccc(F)cc2)ccc1[N+](=O)[O-].Nc1nc(Cl)ccc1[N+](=O)[O-].O=C(Cc1nc(-c2ccc(F)cc2)ccc1[N+](=O)[O-])N1CCC(F)(F)C1.O=C(Cc1nc(-c2ccc(F)cc2)ccc1[N+](=O)[O-])Oc1ccccc1.OB(O)c1ccc(F)cc1. The summed E-state index contributed by atoms with van der Waals surface area (Å²) in [6.45, 7) is -0.999. The van der Waals surface area contributed by atoms with Crippen LogP contribution in [0.5, 0.6) is 5.75 Å². The van der Waals surface area contributed by atoms with Crippen LogP contribution in [0.1, 0.15) is 36.3 Å². The number of amides is 2. The van der Waals surface area contributed by atoms with Gasteiger partial charge in [-0.1, -0.05) is 41.9 Å². The fourth-order valence-electron chi connectivity index (χ4n) is 11.0. The van der Waals surface area contributed by atoms with Gasteiger partial charge in [0.1, 0.15) is 51.4 Å². The molecule has 121 heavy (non-hydrogen) atoms. The molecule has 11 aromatic rings. The zero-order chi connectivity index (χ0) is 88.5. The van der Waals surface area contributed by atoms with Crippen molar-refractivity contribution >= 4 is 82.0 Å². The average molecular weight is 1710 g/mol. The number of carbonyl (C=O) groups excluding carboxylic acids is 3. The highest BCUT2D eigenvalue weighted by Gasteiger charge is 2.42. The summed E-state index contributed by atoms with van der Waals surface area (Å²) in [5.41, 5.74) is 20.4. The summed E-state index contributed by atoms with van der Waals surface area (Å²) in [7, 11) is -1.51. The van der Waals surface area contributed by atoms with E-state index in [0.29, 0.717) is 74.2 Å². The molecule has 0 saturated carbocycles. The van der Waals surface area contributed by atoms with Crippen LogP contribution >= 0.6 is 11.6 Å². The molecule has 2 amide bonds. The lowest BCUT2D eigenvalue weighted by Gasteiger charge is -2.16. The number of aromatic nitrogens is 5. The molecule has 3 aliphatic heterocycles. The van der Waals surface area contributed by atoms with E-state index in [1.807, 2.05) is 0 Å². The van der Waals surface area contributed by atoms with Crippen molar-refractivity contribution in [2.45, 2.75) is 56.3 Å². The number of hydrogen-bond donors (Lipinski definition) is 6. The number of benzene rings is 6. The number of carbonyl (C=O) groups is 3. The number of pyridine rings is 5. The first-order chi connectivity index (χ1) is 57.2. The summed E-state index contributed by atoms with van der Waals surface area (Å²) in [5.74, 6) is -11.8. The standard InChI is InChI=1S/C19H13FN2O4.C17H14F3N3O3.C17H16F3N3O.C11H8FN3O2.C6H6BFO2.C5H4ClN3O2.C4H7F2N/c20-14-8-6-13(7-9-14)16-10-11-18(22(24)25)17(21-16)12-19(23)26-15-4-2-1-3-5-15;18-12-3-1-11(2-4-12)13-5-6-15(23(25)26)14(21-13)9-16(24)22-8-7-17(19,20)10-22;18-12-3-1-11(2-4-12)14-6-5-13(21)15(22-14)9-16(24)23-8-7-17(19,20)10-23;12-8-3-1-7(2-4-8)9-5-6-10(15(16)17)11(13)14-9;8-6-3-1-5(2-4-6)7(9)10;6-4-2-1-3(9(10)11)5(7)8-4;5-4(6)1-2-7-3-4/h1-11H,12H2;1-6H,7-10H2;1-6H,7-10,21H2;1-6H,(H2,13,14);1-4,9-10H;1-2H,(H2,7,8);7H,1-3H2. The molecule has 3 fully saturated rings. The number of halogens is 12. The van der Waals surface area contributed by atoms with Crippen molar-refractivity contribution in [2.24, 2.45) is 0 Å². The molecule has 8 heterocycles. The fourth-order valence-corrected chi connectivity index (χ4v) is 11.2. The van der Waals surface area contributed by atoms with Crippen LogP contribution in [0.2, 0.25) is 5.15 Å². The first-order valence-corrected chi connectivity index (χ1v) is 35.9. The van der Waals surface area contributed by atoms with E-state index in [-0.39, 0.29) is 114 Å². The number of rotatable bonds is 16. The van der Waals surface area contributed by atoms with E-state index in [1.165, 1.54) is 158 Å². The number of nitrogen functional groups attached to an aromatic ring is 3. The number of hydrogen-bond acceptors (Lipinski definition) is 23. The van der Waals surface area contributed by atoms with Crippen LogP contribution in [0.3, 0.4) is 0 Å². The molecule has 6 aromatic carbocycles. The minimum atomic E-state index is -2.94. The van der Waals surface area contributed by atoms with Gasteiger partial charge in [-0.15, -0.1) is 0 Å². The second-order valence-corrected chi connectivity index (χ2v) is 26.5. The van der Waals surface area contributed by atoms with Crippen molar-refractivity contribution in [1.29, 1.82) is 0 Å². The number of alkyl halides is 6. The first kappa shape index (κ1) is 92.5. The largest absolute Gasteiger partial charge is 0.488 e. The Morgan fingerprint density at radius 1 is 0.438 bits per heavy atom. The Labute approximate surface area is 684 Å². The minimum absolute atomic E-state index is 0.00694. The Balaban J connectivity index is 0.000000182. The molecule has 5 aromatic heterocycles. The van der Waals surface area contributed by atoms with Gasteiger partial charge in [0.2, 0.25) is 23.5 Å². The number of likely N-dealkylation sites (tertiary alicyclic amines) is 2. The van der Waals surface area contributed by atoms with Gasteiger partial charge in [0.05, 0.1) is 92.7 Å². The normalized spacial score (nSPS) is 13.6. The number of para-hydroxylation sites is 1. The number of ether oxygens (including phenoxy) is 1. The summed E-state index contributed by atoms with van der Waals surface area (Å²) >= 11 is 5.41. The van der Waals surface area contributed by atoms with E-state index in [9.17, 15) is 103 Å². The Hall–Kier alpha value is -14.1. The second kappa shape index (κ2) is 42.4. The van der Waals surface area contributed by atoms with Gasteiger partial charge in [0, 0.05) is 85.4 Å². The van der Waals surface area contributed by atoms with Gasteiger partial charge in [-0.2, -0.15) is 0 Å². The van der Waals surface area contributed by atoms with Crippen molar-refractivity contribution in [2.75, 3.05) is 56.5 Å². The maximum Gasteiger partial charge on any atom is 0.488 e. The topological polar surface area (TPSA) is 434 Å². The fraction of sp³-hybridized carbons (Fsp3) is 0.190. The van der Waals surface area contributed by atoms with Gasteiger partial charge >= 0.3 is 24.5 Å². The lowest BCUT2D eigenvalue weighted by molar-refractivity contribution is -0.386. The van der Waals surface area contributed by atoms with Crippen molar-refractivity contribution in [3.8, 4) is 50.8 Å². The monoisotopic (exact) mass is 1710 g/mol. The number of esters is 1. The molecule has 0 spiro atoms. The number of anilines is 3. The van der Waals surface area contributed by atoms with Crippen molar-refractivity contribution in [1.82, 2.24) is 40.0 Å². The van der Waals surface area contributed by atoms with E-state index in [0.717, 1.165) is 9.80 Å². The molecule has 14 rings (SSSR count). The molecule has 9 N–H and O–H groups in total. The van der Waals surface area contributed by atoms with Gasteiger partial charge in [0.25, 0.3) is 29.1 Å². The lowest BCUT2D eigenvalue weighted by Crippen LogP contribution is -2.32. The van der Waals surface area contributed by atoms with Crippen LogP contribution in [0.4, 0.5) is 88.4 Å². The zero-order valence-corrected chi connectivity index (χ0v) is 63.5. The second-order valence-electron chi connectivity index (χ2n) is 26.1. The summed E-state index contributed by atoms with van der Waals surface area (Å²) in [5, 5.41) is 62.9. The third-order valence-electron chi connectivity index (χ3n) is 17.2. The van der Waals surface area contributed by atoms with Crippen LogP contribution < -0.4 is 32.7 Å². The molecule has 0 radical (unpaired) electrons. The molecule has 0 unspecified atom stereocenters. The molecule has 3 saturated heterocycles. The molecular formula is C79H68BClF11N15O14. The number of nitrogens with one attached hydrogen (secondary N) is 1. The van der Waals surface area contributed by atoms with Crippen molar-refractivity contribution in [3.05, 3.63) is 304 Å². The van der Waals surface area contributed by atoms with E-state index < -0.39 is 99.9 Å². The molecule has 630 valence electrons. The Bertz CT molecular complexity index is 5460. The van der Waals surface area contributed by atoms with Gasteiger partial charge in [-0.25, -0.2) is 68.2 Å². The van der Waals surface area contributed by atoms with Gasteiger partial charge in [-0.3, -0.25) is 59.8 Å². The van der Waals surface area contributed by atoms with Crippen molar-refractivity contribution < 1.29 is 97.2 Å². The Morgan fingerprint density at radius 2 is 0.785 bits per heavy atom. The first-order valence-electron chi connectivity index (χ1n) is 35.5. The van der Waals surface area contributed by atoms with E-state index in [2.05, 4.69) is 30.2 Å². The van der Waals surface area contributed by atoms with E-state index >= 15 is 0 Å². The summed E-state index contributed by atoms with van der Waals surface area (Å²) in [6, 6.07) is 49.6. The van der Waals surface area contributed by atoms with Crippen LogP contribution in [0, 0.1) is 69.5 Å². The molecule has 0 bridgehead atoms. The van der Waals surface area contributed by atoms with Crippen molar-refractivity contribution in [3.63, 3.8) is 0 Å². The zero-order valence-electron chi connectivity index (χ0n) is 62.8. The minimum Gasteiger partial charge on any atom is -0.426 e. The maximum atomic E-state index is 13.3. The van der Waals surface area contributed by atoms with E-state index in [1.54, 1.807) is 54.6 Å². The summed E-state index contributed by atoms with van der Waals surface area (Å²) in [6.07, 6.45) is -1.70. The highest BCUT2D eigenvalue weighted by molar-refractivity contribution is 6.58. The third-order valence-corrected chi connectivity index (χ3v) is 17.4. The maximum absolute atomic E-state index is 13.3. The Morgan fingerprint density at radius 3 is 1.12 bits per heavy atom. The lowest BCUT2D eigenvalue weighted by atomic mass is 9.80. The quantitative estimate of drug-likeness (QED) is 0.00995. The molecule has 42 heteroatoms. The smallest absolute Gasteiger partial charge is 0.426 e. The van der Waals surface area contributed by atoms with E-state index in [4.69, 9.17) is 43.6 Å². The molecule has 29 nitrogen and oxygen atoms in total. The highest BCUT2D eigenvalue weighted by atomic mass is 35.5.